The smallest absolute Gasteiger partial charge is 0.344 e. The first-order chi connectivity index (χ1) is 14.5. The highest BCUT2D eigenvalue weighted by Gasteiger charge is 2.51. The molecule has 9 nitrogen and oxygen atoms in total. The molecule has 170 valence electrons. The standard InChI is InChI=1S/C22H30N2O7/c1-6-30-19(26)22(23-14(3)25,20(27)31-7-2)13-16-11-17-15(12-18(16)24(28)29)9-8-10-21(17,4)5/h11-12H,6-10,13H2,1-5H3,(H,23,25). The van der Waals surface area contributed by atoms with Crippen LogP contribution in [0.25, 0.3) is 0 Å². The Hall–Kier alpha value is -2.97. The van der Waals surface area contributed by atoms with Crippen molar-refractivity contribution in [1.82, 2.24) is 5.32 Å². The number of hydrogen-bond acceptors (Lipinski definition) is 7. The summed E-state index contributed by atoms with van der Waals surface area (Å²) in [7, 11) is 0. The molecular weight excluding hydrogens is 404 g/mol. The van der Waals surface area contributed by atoms with Crippen LogP contribution in [0.4, 0.5) is 5.69 Å². The summed E-state index contributed by atoms with van der Waals surface area (Å²) in [6, 6.07) is 3.20. The first kappa shape index (κ1) is 24.3. The van der Waals surface area contributed by atoms with Crippen LogP contribution in [0.5, 0.6) is 0 Å². The van der Waals surface area contributed by atoms with Crippen molar-refractivity contribution >= 4 is 23.5 Å². The molecule has 0 bridgehead atoms. The van der Waals surface area contributed by atoms with Gasteiger partial charge in [0.2, 0.25) is 11.4 Å². The van der Waals surface area contributed by atoms with Gasteiger partial charge in [-0.1, -0.05) is 13.8 Å². The second-order valence-corrected chi connectivity index (χ2v) is 8.34. The number of amides is 1. The third kappa shape index (κ3) is 5.03. The summed E-state index contributed by atoms with van der Waals surface area (Å²) in [4.78, 5) is 49.1. The summed E-state index contributed by atoms with van der Waals surface area (Å²) in [5.74, 6) is -2.70. The Bertz CT molecular complexity index is 874. The van der Waals surface area contributed by atoms with Crippen molar-refractivity contribution in [2.45, 2.75) is 71.3 Å². The number of hydrogen-bond donors (Lipinski definition) is 1. The minimum absolute atomic E-state index is 0.0428. The molecule has 0 saturated heterocycles. The Morgan fingerprint density at radius 2 is 1.74 bits per heavy atom. The third-order valence-corrected chi connectivity index (χ3v) is 5.57. The van der Waals surface area contributed by atoms with Crippen LogP contribution in [0.3, 0.4) is 0 Å². The fourth-order valence-electron chi connectivity index (χ4n) is 4.15. The number of nitro benzene ring substituents is 1. The SMILES string of the molecule is CCOC(=O)C(Cc1cc2c(cc1[N+](=O)[O-])CCCC2(C)C)(NC(C)=O)C(=O)OCC. The van der Waals surface area contributed by atoms with Crippen molar-refractivity contribution in [2.24, 2.45) is 0 Å². The largest absolute Gasteiger partial charge is 0.464 e. The van der Waals surface area contributed by atoms with E-state index in [2.05, 4.69) is 19.2 Å². The van der Waals surface area contributed by atoms with Crippen molar-refractivity contribution in [3.63, 3.8) is 0 Å². The number of benzene rings is 1. The molecule has 0 saturated carbocycles. The number of nitrogens with zero attached hydrogens (tertiary/aromatic N) is 1. The number of ether oxygens (including phenoxy) is 2. The van der Waals surface area contributed by atoms with E-state index in [0.29, 0.717) is 6.42 Å². The molecule has 1 N–H and O–H groups in total. The fourth-order valence-corrected chi connectivity index (χ4v) is 4.15. The number of rotatable bonds is 8. The van der Waals surface area contributed by atoms with Crippen LogP contribution in [0.15, 0.2) is 12.1 Å². The van der Waals surface area contributed by atoms with Gasteiger partial charge in [-0.2, -0.15) is 0 Å². The van der Waals surface area contributed by atoms with Crippen molar-refractivity contribution in [1.29, 1.82) is 0 Å². The Morgan fingerprint density at radius 1 is 1.16 bits per heavy atom. The van der Waals surface area contributed by atoms with E-state index in [1.54, 1.807) is 19.9 Å². The summed E-state index contributed by atoms with van der Waals surface area (Å²) in [5, 5.41) is 14.2. The highest BCUT2D eigenvalue weighted by Crippen LogP contribution is 2.40. The van der Waals surface area contributed by atoms with Crippen LogP contribution in [0.2, 0.25) is 0 Å². The van der Waals surface area contributed by atoms with E-state index in [9.17, 15) is 24.5 Å². The minimum Gasteiger partial charge on any atom is -0.464 e. The predicted octanol–water partition coefficient (Wildman–Crippen LogP) is 2.75. The minimum atomic E-state index is -2.23. The molecule has 1 amide bonds. The molecule has 0 fully saturated rings. The van der Waals surface area contributed by atoms with Gasteiger partial charge in [-0.05, 0) is 55.7 Å². The number of nitro groups is 1. The van der Waals surface area contributed by atoms with Gasteiger partial charge in [0.05, 0.1) is 18.1 Å². The Labute approximate surface area is 181 Å². The first-order valence-corrected chi connectivity index (χ1v) is 10.4. The number of aryl methyl sites for hydroxylation is 1. The lowest BCUT2D eigenvalue weighted by Gasteiger charge is -2.34. The second kappa shape index (κ2) is 9.45. The monoisotopic (exact) mass is 434 g/mol. The number of carbonyl (C=O) groups is 3. The Kier molecular flexibility index (Phi) is 7.41. The van der Waals surface area contributed by atoms with Crippen LogP contribution in [0, 0.1) is 10.1 Å². The molecule has 1 aromatic rings. The molecule has 1 aliphatic carbocycles. The summed E-state index contributed by atoms with van der Waals surface area (Å²) < 4.78 is 10.2. The molecular formula is C22H30N2O7. The molecule has 0 heterocycles. The maximum absolute atomic E-state index is 12.9. The maximum atomic E-state index is 12.9. The van der Waals surface area contributed by atoms with Crippen LogP contribution in [-0.4, -0.2) is 41.5 Å². The van der Waals surface area contributed by atoms with Gasteiger partial charge in [0, 0.05) is 25.0 Å². The molecule has 9 heteroatoms. The lowest BCUT2D eigenvalue weighted by atomic mass is 9.71. The summed E-state index contributed by atoms with van der Waals surface area (Å²) >= 11 is 0. The van der Waals surface area contributed by atoms with Gasteiger partial charge in [-0.3, -0.25) is 14.9 Å². The highest BCUT2D eigenvalue weighted by molar-refractivity contribution is 6.08. The zero-order chi connectivity index (χ0) is 23.4. The summed E-state index contributed by atoms with van der Waals surface area (Å²) in [6.07, 6.45) is 2.08. The van der Waals surface area contributed by atoms with E-state index in [1.165, 1.54) is 6.07 Å². The van der Waals surface area contributed by atoms with Crippen molar-refractivity contribution in [3.05, 3.63) is 38.9 Å². The normalized spacial score (nSPS) is 14.9. The fraction of sp³-hybridized carbons (Fsp3) is 0.591. The van der Waals surface area contributed by atoms with Crippen LogP contribution in [-0.2, 0) is 42.1 Å². The van der Waals surface area contributed by atoms with E-state index in [0.717, 1.165) is 30.9 Å². The van der Waals surface area contributed by atoms with Crippen LogP contribution in [0.1, 0.15) is 64.2 Å². The zero-order valence-electron chi connectivity index (χ0n) is 18.7. The molecule has 0 unspecified atom stereocenters. The number of fused-ring (bicyclic) bond motifs is 1. The van der Waals surface area contributed by atoms with E-state index >= 15 is 0 Å². The van der Waals surface area contributed by atoms with E-state index in [1.807, 2.05) is 0 Å². The molecule has 31 heavy (non-hydrogen) atoms. The predicted molar refractivity (Wildman–Crippen MR) is 113 cm³/mol. The zero-order valence-corrected chi connectivity index (χ0v) is 18.7. The molecule has 0 spiro atoms. The van der Waals surface area contributed by atoms with E-state index in [-0.39, 0.29) is 29.9 Å². The van der Waals surface area contributed by atoms with Gasteiger partial charge in [-0.25, -0.2) is 9.59 Å². The number of nitrogens with one attached hydrogen (secondary N) is 1. The maximum Gasteiger partial charge on any atom is 0.344 e. The average Bonchev–Trinajstić information content (AvgIpc) is 2.67. The lowest BCUT2D eigenvalue weighted by molar-refractivity contribution is -0.385. The highest BCUT2D eigenvalue weighted by atomic mass is 16.6. The second-order valence-electron chi connectivity index (χ2n) is 8.34. The average molecular weight is 434 g/mol. The Morgan fingerprint density at radius 3 is 2.23 bits per heavy atom. The topological polar surface area (TPSA) is 125 Å². The summed E-state index contributed by atoms with van der Waals surface area (Å²) in [6.45, 7) is 8.29. The van der Waals surface area contributed by atoms with Gasteiger partial charge < -0.3 is 14.8 Å². The molecule has 0 aromatic heterocycles. The van der Waals surface area contributed by atoms with Crippen molar-refractivity contribution < 1.29 is 28.8 Å². The van der Waals surface area contributed by atoms with Gasteiger partial charge in [0.1, 0.15) is 0 Å². The molecule has 2 rings (SSSR count). The summed E-state index contributed by atoms with van der Waals surface area (Å²) in [5.41, 5.74) is -0.682. The van der Waals surface area contributed by atoms with E-state index < -0.39 is 34.7 Å². The van der Waals surface area contributed by atoms with E-state index in [4.69, 9.17) is 9.47 Å². The van der Waals surface area contributed by atoms with Crippen molar-refractivity contribution in [3.8, 4) is 0 Å². The van der Waals surface area contributed by atoms with Gasteiger partial charge in [0.25, 0.3) is 5.69 Å². The quantitative estimate of drug-likeness (QED) is 0.289. The lowest BCUT2D eigenvalue weighted by Crippen LogP contribution is -2.62. The molecule has 1 aromatic carbocycles. The molecule has 0 aliphatic heterocycles. The van der Waals surface area contributed by atoms with Gasteiger partial charge >= 0.3 is 11.9 Å². The van der Waals surface area contributed by atoms with Crippen LogP contribution >= 0.6 is 0 Å². The molecule has 0 atom stereocenters. The third-order valence-electron chi connectivity index (χ3n) is 5.57. The molecule has 1 aliphatic rings. The van der Waals surface area contributed by atoms with Crippen LogP contribution < -0.4 is 5.32 Å². The first-order valence-electron chi connectivity index (χ1n) is 10.4. The van der Waals surface area contributed by atoms with Gasteiger partial charge in [-0.15, -0.1) is 0 Å². The number of carbonyl (C=O) groups excluding carboxylic acids is 3. The molecule has 0 radical (unpaired) electrons. The Balaban J connectivity index is 2.71. The number of esters is 2. The van der Waals surface area contributed by atoms with Crippen molar-refractivity contribution in [2.75, 3.05) is 13.2 Å². The van der Waals surface area contributed by atoms with Gasteiger partial charge in [0.15, 0.2) is 0 Å².